The summed E-state index contributed by atoms with van der Waals surface area (Å²) in [4.78, 5) is 11.3. The van der Waals surface area contributed by atoms with Gasteiger partial charge in [0.1, 0.15) is 0 Å². The van der Waals surface area contributed by atoms with Gasteiger partial charge in [0.25, 0.3) is 0 Å². The van der Waals surface area contributed by atoms with Crippen molar-refractivity contribution in [1.82, 2.24) is 5.32 Å². The number of hydrogen-bond donors (Lipinski definition) is 2. The summed E-state index contributed by atoms with van der Waals surface area (Å²) in [6.45, 7) is 4.95. The molecule has 5 aliphatic carbocycles. The van der Waals surface area contributed by atoms with Crippen LogP contribution in [-0.2, 0) is 4.79 Å². The van der Waals surface area contributed by atoms with Crippen molar-refractivity contribution >= 4 is 5.97 Å². The second-order valence-corrected chi connectivity index (χ2v) is 9.18. The molecule has 0 heterocycles. The standard InChI is InChI=1S/C17H27NO2/c1-15-5-11-6-16(2,8-15)10-17(7-11,9-15)18-13-4-3-12(13)14(19)20/h11-13,18H,3-10H2,1-2H3,(H,19,20). The third kappa shape index (κ3) is 1.85. The Morgan fingerprint density at radius 2 is 1.70 bits per heavy atom. The first-order valence-electron chi connectivity index (χ1n) is 8.31. The highest BCUT2D eigenvalue weighted by molar-refractivity contribution is 5.72. The van der Waals surface area contributed by atoms with E-state index in [2.05, 4.69) is 19.2 Å². The number of carboxylic acids is 1. The van der Waals surface area contributed by atoms with Crippen LogP contribution in [0.2, 0.25) is 0 Å². The average Bonchev–Trinajstić information content (AvgIpc) is 2.18. The molecular formula is C17H27NO2. The number of nitrogens with one attached hydrogen (secondary N) is 1. The topological polar surface area (TPSA) is 49.3 Å². The van der Waals surface area contributed by atoms with Crippen LogP contribution in [-0.4, -0.2) is 22.7 Å². The van der Waals surface area contributed by atoms with Crippen molar-refractivity contribution in [1.29, 1.82) is 0 Å². The lowest BCUT2D eigenvalue weighted by molar-refractivity contribution is -0.150. The summed E-state index contributed by atoms with van der Waals surface area (Å²) >= 11 is 0. The summed E-state index contributed by atoms with van der Waals surface area (Å²) < 4.78 is 0. The van der Waals surface area contributed by atoms with Gasteiger partial charge in [-0.3, -0.25) is 4.79 Å². The maximum Gasteiger partial charge on any atom is 0.308 e. The van der Waals surface area contributed by atoms with E-state index in [1.54, 1.807) is 0 Å². The zero-order valence-corrected chi connectivity index (χ0v) is 12.7. The molecule has 4 unspecified atom stereocenters. The molecule has 3 nitrogen and oxygen atoms in total. The van der Waals surface area contributed by atoms with E-state index < -0.39 is 5.97 Å². The molecule has 20 heavy (non-hydrogen) atoms. The molecule has 0 spiro atoms. The highest BCUT2D eigenvalue weighted by Crippen LogP contribution is 2.66. The minimum atomic E-state index is -0.601. The summed E-state index contributed by atoms with van der Waals surface area (Å²) in [6, 6.07) is 0.232. The number of carbonyl (C=O) groups is 1. The van der Waals surface area contributed by atoms with E-state index in [4.69, 9.17) is 0 Å². The minimum absolute atomic E-state index is 0.136. The van der Waals surface area contributed by atoms with Gasteiger partial charge in [-0.1, -0.05) is 13.8 Å². The summed E-state index contributed by atoms with van der Waals surface area (Å²) in [7, 11) is 0. The highest BCUT2D eigenvalue weighted by atomic mass is 16.4. The van der Waals surface area contributed by atoms with Gasteiger partial charge in [0.2, 0.25) is 0 Å². The molecule has 0 radical (unpaired) electrons. The van der Waals surface area contributed by atoms with Gasteiger partial charge in [-0.2, -0.15) is 0 Å². The fourth-order valence-electron chi connectivity index (χ4n) is 6.97. The van der Waals surface area contributed by atoms with Crippen molar-refractivity contribution in [3.05, 3.63) is 0 Å². The van der Waals surface area contributed by atoms with E-state index >= 15 is 0 Å². The Bertz CT molecular complexity index is 442. The molecular weight excluding hydrogens is 250 g/mol. The van der Waals surface area contributed by atoms with Gasteiger partial charge in [0, 0.05) is 11.6 Å². The molecule has 0 aromatic carbocycles. The Kier molecular flexibility index (Phi) is 2.49. The average molecular weight is 277 g/mol. The van der Waals surface area contributed by atoms with Gasteiger partial charge in [-0.05, 0) is 68.1 Å². The monoisotopic (exact) mass is 277 g/mol. The van der Waals surface area contributed by atoms with E-state index in [0.29, 0.717) is 10.8 Å². The van der Waals surface area contributed by atoms with Crippen LogP contribution in [0.1, 0.15) is 65.2 Å². The number of carboxylic acid groups (broad SMARTS) is 1. The van der Waals surface area contributed by atoms with Gasteiger partial charge in [0.15, 0.2) is 0 Å². The van der Waals surface area contributed by atoms with Crippen LogP contribution in [0.5, 0.6) is 0 Å². The largest absolute Gasteiger partial charge is 0.481 e. The maximum absolute atomic E-state index is 11.3. The van der Waals surface area contributed by atoms with Crippen molar-refractivity contribution in [3.63, 3.8) is 0 Å². The molecule has 0 aromatic heterocycles. The first-order valence-corrected chi connectivity index (χ1v) is 8.31. The van der Waals surface area contributed by atoms with Gasteiger partial charge >= 0.3 is 5.97 Å². The number of aliphatic carboxylic acids is 1. The molecule has 5 fully saturated rings. The SMILES string of the molecule is CC12CC3CC(C)(C1)CC(NC1CCC1C(=O)O)(C3)C2. The predicted octanol–water partition coefficient (Wildman–Crippen LogP) is 3.19. The van der Waals surface area contributed by atoms with E-state index in [9.17, 15) is 9.90 Å². The molecule has 5 aliphatic rings. The smallest absolute Gasteiger partial charge is 0.308 e. The van der Waals surface area contributed by atoms with Crippen LogP contribution < -0.4 is 5.32 Å². The highest BCUT2D eigenvalue weighted by Gasteiger charge is 2.61. The first kappa shape index (κ1) is 13.1. The van der Waals surface area contributed by atoms with Crippen LogP contribution in [0.15, 0.2) is 0 Å². The van der Waals surface area contributed by atoms with Crippen molar-refractivity contribution in [2.45, 2.75) is 76.8 Å². The van der Waals surface area contributed by atoms with Gasteiger partial charge in [0.05, 0.1) is 5.92 Å². The van der Waals surface area contributed by atoms with Crippen LogP contribution in [0.4, 0.5) is 0 Å². The second-order valence-electron chi connectivity index (χ2n) is 9.18. The van der Waals surface area contributed by atoms with Gasteiger partial charge in [-0.25, -0.2) is 0 Å². The van der Waals surface area contributed by atoms with Gasteiger partial charge in [-0.15, -0.1) is 0 Å². The van der Waals surface area contributed by atoms with Crippen LogP contribution >= 0.6 is 0 Å². The third-order valence-corrected chi connectivity index (χ3v) is 6.71. The molecule has 4 atom stereocenters. The van der Waals surface area contributed by atoms with Gasteiger partial charge < -0.3 is 10.4 Å². The lowest BCUT2D eigenvalue weighted by Gasteiger charge is -2.66. The molecule has 112 valence electrons. The van der Waals surface area contributed by atoms with E-state index in [0.717, 1.165) is 18.8 Å². The normalized spacial score (nSPS) is 56.6. The minimum Gasteiger partial charge on any atom is -0.481 e. The summed E-state index contributed by atoms with van der Waals surface area (Å²) in [5, 5.41) is 13.1. The molecule has 4 bridgehead atoms. The van der Waals surface area contributed by atoms with E-state index in [1.165, 1.54) is 38.5 Å². The quantitative estimate of drug-likeness (QED) is 0.833. The second kappa shape index (κ2) is 3.79. The predicted molar refractivity (Wildman–Crippen MR) is 77.4 cm³/mol. The number of hydrogen-bond acceptors (Lipinski definition) is 2. The maximum atomic E-state index is 11.3. The summed E-state index contributed by atoms with van der Waals surface area (Å²) in [6.07, 6.45) is 9.94. The number of rotatable bonds is 3. The van der Waals surface area contributed by atoms with Crippen molar-refractivity contribution in [3.8, 4) is 0 Å². The van der Waals surface area contributed by atoms with Crippen molar-refractivity contribution < 1.29 is 9.90 Å². The third-order valence-electron chi connectivity index (χ3n) is 6.71. The molecule has 0 aromatic rings. The Labute approximate surface area is 121 Å². The van der Waals surface area contributed by atoms with E-state index in [-0.39, 0.29) is 17.5 Å². The Morgan fingerprint density at radius 1 is 1.05 bits per heavy atom. The Hall–Kier alpha value is -0.570. The zero-order chi connectivity index (χ0) is 14.2. The lowest BCUT2D eigenvalue weighted by Crippen LogP contribution is -2.68. The van der Waals surface area contributed by atoms with E-state index in [1.807, 2.05) is 0 Å². The molecule has 2 N–H and O–H groups in total. The van der Waals surface area contributed by atoms with Crippen LogP contribution in [0, 0.1) is 22.7 Å². The summed E-state index contributed by atoms with van der Waals surface area (Å²) in [5.41, 5.74) is 1.26. The van der Waals surface area contributed by atoms with Crippen molar-refractivity contribution in [2.75, 3.05) is 0 Å². The van der Waals surface area contributed by atoms with Crippen molar-refractivity contribution in [2.24, 2.45) is 22.7 Å². The molecule has 5 rings (SSSR count). The molecule has 3 heteroatoms. The first-order chi connectivity index (χ1) is 9.31. The molecule has 0 amide bonds. The Morgan fingerprint density at radius 3 is 2.15 bits per heavy atom. The molecule has 0 aliphatic heterocycles. The fraction of sp³-hybridized carbons (Fsp3) is 0.941. The summed E-state index contributed by atoms with van der Waals surface area (Å²) in [5.74, 6) is 0.136. The zero-order valence-electron chi connectivity index (χ0n) is 12.7. The lowest BCUT2D eigenvalue weighted by atomic mass is 9.42. The van der Waals surface area contributed by atoms with Crippen LogP contribution in [0.3, 0.4) is 0 Å². The Balaban J connectivity index is 1.57. The molecule has 5 saturated carbocycles. The fourth-order valence-corrected chi connectivity index (χ4v) is 6.97. The molecule has 0 saturated heterocycles. The van der Waals surface area contributed by atoms with Crippen LogP contribution in [0.25, 0.3) is 0 Å².